The summed E-state index contributed by atoms with van der Waals surface area (Å²) in [7, 11) is 0. The molecule has 3 aliphatic rings. The molecule has 0 bridgehead atoms. The van der Waals surface area contributed by atoms with Crippen molar-refractivity contribution in [1.29, 1.82) is 0 Å². The number of aliphatic hydroxyl groups is 10. The number of carbonyl (C=O) groups excluding carboxylic acids is 2. The van der Waals surface area contributed by atoms with E-state index in [1.807, 2.05) is 0 Å². The highest BCUT2D eigenvalue weighted by Gasteiger charge is 2.58. The summed E-state index contributed by atoms with van der Waals surface area (Å²) in [5.74, 6) is -5.24. The smallest absolute Gasteiger partial charge is 0.308 e. The molecule has 16 N–H and O–H groups in total. The molecule has 3 heterocycles. The predicted molar refractivity (Wildman–Crippen MR) is 181 cm³/mol. The summed E-state index contributed by atoms with van der Waals surface area (Å²) in [6.07, 6.45) is -14.7. The quantitative estimate of drug-likeness (QED) is 0.0381. The zero-order chi connectivity index (χ0) is 40.3. The molecule has 3 rings (SSSR count). The number of unbranched alkanes of at least 4 members (excludes halogenated alkanes) is 5. The van der Waals surface area contributed by atoms with Crippen molar-refractivity contribution in [1.82, 2.24) is 0 Å². The van der Waals surface area contributed by atoms with Crippen LogP contribution in [0.4, 0.5) is 0 Å². The monoisotopic (exact) mass is 787 g/mol. The summed E-state index contributed by atoms with van der Waals surface area (Å²) >= 11 is 0. The molecule has 0 amide bonds. The van der Waals surface area contributed by atoms with Gasteiger partial charge in [-0.25, -0.2) is 0 Å². The van der Waals surface area contributed by atoms with Gasteiger partial charge in [-0.3, -0.25) is 9.59 Å². The lowest BCUT2D eigenvalue weighted by Crippen LogP contribution is -2.72. The Hall–Kier alpha value is -1.58. The van der Waals surface area contributed by atoms with Gasteiger partial charge in [0, 0.05) is 12.3 Å². The zero-order valence-corrected chi connectivity index (χ0v) is 30.4. The SMILES string of the molecule is CCCCCCCCC(CCC(=O)O[C@@]1(CO)O[C@H](OC2[C@@H](CO)O[C@@H](OC3[C@@H](CO)O[C@@H](O)[C@H](N)[C@H]3O)[C@H](N)[C@H]2O)[C@H](N)[C@@H](O)[C@@H]1O)C(=O)C(O)CO. The highest BCUT2D eigenvalue weighted by atomic mass is 16.8. The zero-order valence-electron chi connectivity index (χ0n) is 30.4. The third-order valence-electron chi connectivity index (χ3n) is 10.2. The Morgan fingerprint density at radius 2 is 1.30 bits per heavy atom. The number of esters is 1. The van der Waals surface area contributed by atoms with Crippen molar-refractivity contribution in [2.75, 3.05) is 26.4 Å². The molecule has 0 aliphatic carbocycles. The molecule has 0 spiro atoms. The van der Waals surface area contributed by atoms with Crippen LogP contribution < -0.4 is 17.2 Å². The maximum atomic E-state index is 13.1. The van der Waals surface area contributed by atoms with E-state index in [2.05, 4.69) is 6.92 Å². The van der Waals surface area contributed by atoms with Crippen molar-refractivity contribution in [3.05, 3.63) is 0 Å². The molecule has 54 heavy (non-hydrogen) atoms. The number of hydrogen-bond donors (Lipinski definition) is 13. The van der Waals surface area contributed by atoms with E-state index in [9.17, 15) is 60.7 Å². The minimum atomic E-state index is -2.68. The first-order valence-corrected chi connectivity index (χ1v) is 18.4. The Balaban J connectivity index is 1.71. The molecular weight excluding hydrogens is 726 g/mol. The number of hydrogen-bond acceptors (Lipinski definition) is 21. The van der Waals surface area contributed by atoms with E-state index in [0.29, 0.717) is 12.8 Å². The molecule has 0 aromatic rings. The molecule has 0 radical (unpaired) electrons. The Morgan fingerprint density at radius 1 is 0.741 bits per heavy atom. The normalized spacial score (nSPS) is 39.9. The van der Waals surface area contributed by atoms with Crippen molar-refractivity contribution >= 4 is 11.8 Å². The van der Waals surface area contributed by atoms with Crippen molar-refractivity contribution in [3.63, 3.8) is 0 Å². The predicted octanol–water partition coefficient (Wildman–Crippen LogP) is -5.73. The van der Waals surface area contributed by atoms with Crippen molar-refractivity contribution in [2.45, 2.75) is 162 Å². The number of carbonyl (C=O) groups is 2. The summed E-state index contributed by atoms with van der Waals surface area (Å²) in [5.41, 5.74) is 18.0. The number of ketones is 1. The Bertz CT molecular complexity index is 1140. The molecule has 3 fully saturated rings. The van der Waals surface area contributed by atoms with E-state index in [1.165, 1.54) is 0 Å². The summed E-state index contributed by atoms with van der Waals surface area (Å²) in [6.45, 7) is -1.53. The summed E-state index contributed by atoms with van der Waals surface area (Å²) in [4.78, 5) is 25.9. The van der Waals surface area contributed by atoms with Gasteiger partial charge in [0.2, 0.25) is 0 Å². The number of ether oxygens (including phenoxy) is 6. The van der Waals surface area contributed by atoms with E-state index < -0.39 is 148 Å². The van der Waals surface area contributed by atoms with Gasteiger partial charge in [0.05, 0.1) is 37.9 Å². The second-order valence-electron chi connectivity index (χ2n) is 14.1. The van der Waals surface area contributed by atoms with Crippen LogP contribution in [0, 0.1) is 5.92 Å². The summed E-state index contributed by atoms with van der Waals surface area (Å²) < 4.78 is 33.5. The van der Waals surface area contributed by atoms with Crippen LogP contribution in [0.2, 0.25) is 0 Å². The number of rotatable bonds is 21. The second-order valence-corrected chi connectivity index (χ2v) is 14.1. The van der Waals surface area contributed by atoms with Crippen LogP contribution >= 0.6 is 0 Å². The maximum Gasteiger partial charge on any atom is 0.308 e. The maximum absolute atomic E-state index is 13.1. The Kier molecular flexibility index (Phi) is 18.9. The third kappa shape index (κ3) is 11.3. The molecular formula is C33H61N3O18. The molecule has 17 atom stereocenters. The standard InChI is InChI=1S/C33H61N3O18/c1-2-3-4-5-6-7-8-15(23(43)16(41)11-37)9-10-19(42)53-33(14-40)29(47)26(46)22(36)32(54-33)52-28-18(13-39)50-31(21(35)25(28)45)51-27-17(12-38)49-30(48)20(34)24(27)44/h15-18,20-22,24-32,37-41,44-48H,2-14,34-36H2,1H3/t15?,16?,17-,18-,20-,21-,22-,24-,25-,26-,27?,28?,29+,30-,31+,32+,33+/m1/s1. The van der Waals surface area contributed by atoms with E-state index >= 15 is 0 Å². The first-order chi connectivity index (χ1) is 25.6. The summed E-state index contributed by atoms with van der Waals surface area (Å²) in [6, 6.07) is -4.46. The highest BCUT2D eigenvalue weighted by Crippen LogP contribution is 2.35. The number of Topliss-reactive ketones (excluding diaryl/α,β-unsaturated/α-hetero) is 1. The van der Waals surface area contributed by atoms with Gasteiger partial charge in [0.25, 0.3) is 5.79 Å². The molecule has 0 saturated carbocycles. The molecule has 0 aromatic carbocycles. The first-order valence-electron chi connectivity index (χ1n) is 18.4. The van der Waals surface area contributed by atoms with Gasteiger partial charge >= 0.3 is 5.97 Å². The lowest BCUT2D eigenvalue weighted by Gasteiger charge is -2.50. The topological polar surface area (TPSA) is 370 Å². The van der Waals surface area contributed by atoms with Gasteiger partial charge in [0.1, 0.15) is 61.5 Å². The number of aliphatic hydroxyl groups excluding tert-OH is 10. The minimum absolute atomic E-state index is 0.121. The average molecular weight is 788 g/mol. The molecule has 21 heteroatoms. The third-order valence-corrected chi connectivity index (χ3v) is 10.2. The Labute approximate surface area is 312 Å². The van der Waals surface area contributed by atoms with E-state index in [0.717, 1.165) is 32.1 Å². The van der Waals surface area contributed by atoms with Crippen molar-refractivity contribution in [3.8, 4) is 0 Å². The fraction of sp³-hybridized carbons (Fsp3) is 0.939. The van der Waals surface area contributed by atoms with Crippen LogP contribution in [0.15, 0.2) is 0 Å². The molecule has 4 unspecified atom stereocenters. The van der Waals surface area contributed by atoms with Crippen molar-refractivity contribution in [2.24, 2.45) is 23.1 Å². The highest BCUT2D eigenvalue weighted by molar-refractivity contribution is 5.85. The van der Waals surface area contributed by atoms with Gasteiger partial charge in [-0.15, -0.1) is 0 Å². The molecule has 3 saturated heterocycles. The van der Waals surface area contributed by atoms with E-state index in [4.69, 9.17) is 45.6 Å². The molecule has 0 aromatic heterocycles. The number of nitrogens with two attached hydrogens (primary N) is 3. The van der Waals surface area contributed by atoms with E-state index in [1.54, 1.807) is 0 Å². The largest absolute Gasteiger partial charge is 0.427 e. The van der Waals surface area contributed by atoms with Crippen LogP contribution in [0.25, 0.3) is 0 Å². The van der Waals surface area contributed by atoms with Crippen LogP contribution in [0.5, 0.6) is 0 Å². The van der Waals surface area contributed by atoms with Gasteiger partial charge in [0.15, 0.2) is 24.7 Å². The van der Waals surface area contributed by atoms with Crippen LogP contribution in [-0.4, -0.2) is 187 Å². The molecule has 21 nitrogen and oxygen atoms in total. The Morgan fingerprint density at radius 3 is 1.89 bits per heavy atom. The summed E-state index contributed by atoms with van der Waals surface area (Å²) in [5, 5.41) is 103. The van der Waals surface area contributed by atoms with Gasteiger partial charge < -0.3 is 96.7 Å². The lowest BCUT2D eigenvalue weighted by molar-refractivity contribution is -0.399. The minimum Gasteiger partial charge on any atom is -0.427 e. The van der Waals surface area contributed by atoms with Gasteiger partial charge in [-0.2, -0.15) is 0 Å². The van der Waals surface area contributed by atoms with Crippen LogP contribution in [-0.2, 0) is 38.0 Å². The fourth-order valence-electron chi connectivity index (χ4n) is 6.80. The second kappa shape index (κ2) is 21.8. The van der Waals surface area contributed by atoms with Crippen molar-refractivity contribution < 1.29 is 89.1 Å². The van der Waals surface area contributed by atoms with Crippen LogP contribution in [0.3, 0.4) is 0 Å². The molecule has 316 valence electrons. The fourth-order valence-corrected chi connectivity index (χ4v) is 6.80. The van der Waals surface area contributed by atoms with Gasteiger partial charge in [-0.1, -0.05) is 45.4 Å². The van der Waals surface area contributed by atoms with E-state index in [-0.39, 0.29) is 6.42 Å². The molecule has 3 aliphatic heterocycles. The lowest BCUT2D eigenvalue weighted by atomic mass is 9.89. The first kappa shape index (κ1) is 46.8. The van der Waals surface area contributed by atoms with Crippen LogP contribution in [0.1, 0.15) is 64.7 Å². The van der Waals surface area contributed by atoms with Gasteiger partial charge in [-0.05, 0) is 12.8 Å². The average Bonchev–Trinajstić information content (AvgIpc) is 3.16.